The summed E-state index contributed by atoms with van der Waals surface area (Å²) in [5, 5.41) is 51.1. The molecule has 2 atom stereocenters. The Balaban J connectivity index is -0.000000106. The predicted molar refractivity (Wildman–Crippen MR) is 457 cm³/mol. The maximum Gasteiger partial charge on any atom is 1.00 e. The summed E-state index contributed by atoms with van der Waals surface area (Å²) in [6.07, 6.45) is 22.3. The molecule has 0 amide bonds. The number of rotatable bonds is 61. The first-order chi connectivity index (χ1) is 54.9. The van der Waals surface area contributed by atoms with Gasteiger partial charge in [-0.25, -0.2) is 4.79 Å². The van der Waals surface area contributed by atoms with Gasteiger partial charge in [0.05, 0.1) is 112 Å². The summed E-state index contributed by atoms with van der Waals surface area (Å²) >= 11 is 0. The van der Waals surface area contributed by atoms with Gasteiger partial charge in [0.15, 0.2) is 23.3 Å². The summed E-state index contributed by atoms with van der Waals surface area (Å²) < 4.78 is 83.7. The number of aliphatic hydroxyl groups is 4. The van der Waals surface area contributed by atoms with E-state index in [4.69, 9.17) is 111 Å². The standard InChI is InChI=1S/C16H22O4.C10H16O4.C9H18O4.2C8H16O2.C7H14O4.C7H14O3.2C7H14O2.C6H12O2.Al.Li.4H/c1-18-11-15(12-19-2)9-6-10-16(17)20-13-14-7-4-3-5-8-14;1-4-7-8(9(11)13-5-2)10(12)14-6-3;1-12-6-8(7-13-2)4-3-5-9(10)11;2*1-4-5-8(6-9-2)7-10-3;1-10-4-6(5-11-2)3-7(8)9;1-9-5-7(3-4-8)6-10-2;2*1-3-4-7(5-8)6-9-2;1-2-3-6(4-7)5-8;;;;;;/h3-8,10,15H,9,11-13H2,1-2H3;4,8H,1,5-7H2,2-3H3;8H,3-7H2,1-2H3,(H,10,11);2*4,8H,1,5-7H2,2-3H3;6H,3-5H2,1-2H3,(H,8,9);4,7H,3,5-6H2,1-2H3;2*3,7-8H,1,4-6H2,2H3;2,6-8H,1,3-5H2;;;;;;/q;;;;;;;;;;;+1;;;;-1/b10-6+;;;;;;;;;;;;;;;. The fourth-order valence-corrected chi connectivity index (χ4v) is 9.19. The van der Waals surface area contributed by atoms with Crippen LogP contribution in [0.1, 0.15) is 97.9 Å². The zero-order valence-electron chi connectivity index (χ0n) is 74.5. The van der Waals surface area contributed by atoms with Gasteiger partial charge in [-0.3, -0.25) is 19.2 Å². The fraction of sp³-hybridized carbons (Fsp3) is 0.694. The van der Waals surface area contributed by atoms with Crippen molar-refractivity contribution in [1.82, 2.24) is 0 Å². The zero-order chi connectivity index (χ0) is 88.5. The Bertz CT molecular complexity index is 2170. The topological polar surface area (TPSA) is 381 Å². The van der Waals surface area contributed by atoms with E-state index >= 15 is 0 Å². The molecule has 2 unspecified atom stereocenters. The normalized spacial score (nSPS) is 10.7. The number of hydrogen-bond acceptors (Lipinski definition) is 27. The monoisotopic (exact) mass is 1680 g/mol. The molecule has 0 saturated carbocycles. The molecule has 29 nitrogen and oxygen atoms in total. The van der Waals surface area contributed by atoms with Gasteiger partial charge < -0.3 is 117 Å². The molecular weight excluding hydrogens is 1520 g/mol. The van der Waals surface area contributed by atoms with Crippen molar-refractivity contribution in [3.8, 4) is 0 Å². The largest absolute Gasteiger partial charge is 1.00 e. The van der Waals surface area contributed by atoms with E-state index in [1.54, 1.807) is 138 Å². The second-order valence-electron chi connectivity index (χ2n) is 25.1. The number of carboxylic acid groups (broad SMARTS) is 2. The van der Waals surface area contributed by atoms with Gasteiger partial charge in [-0.15, -0.1) is 39.5 Å². The van der Waals surface area contributed by atoms with Crippen molar-refractivity contribution in [3.05, 3.63) is 124 Å². The summed E-state index contributed by atoms with van der Waals surface area (Å²) in [5.74, 6) is -1.73. The van der Waals surface area contributed by atoms with E-state index in [9.17, 15) is 28.8 Å². The summed E-state index contributed by atoms with van der Waals surface area (Å²) in [7, 11) is 23.0. The van der Waals surface area contributed by atoms with Gasteiger partial charge >= 0.3 is 48.7 Å². The summed E-state index contributed by atoms with van der Waals surface area (Å²) in [5.41, 5.74) is 0.978. The summed E-state index contributed by atoms with van der Waals surface area (Å²) in [4.78, 5) is 64.6. The van der Waals surface area contributed by atoms with E-state index in [1.807, 2.05) is 42.5 Å². The number of aliphatic carboxylic acids is 2. The predicted octanol–water partition coefficient (Wildman–Crippen LogP) is 6.57. The Labute approximate surface area is 722 Å². The number of carboxylic acids is 2. The molecule has 0 bridgehead atoms. The fourth-order valence-electron chi connectivity index (χ4n) is 9.19. The number of allylic oxidation sites excluding steroid dienone is 7. The number of esters is 3. The average Bonchev–Trinajstić information content (AvgIpc) is 0.912. The van der Waals surface area contributed by atoms with Crippen molar-refractivity contribution in [2.75, 3.05) is 232 Å². The van der Waals surface area contributed by atoms with Crippen LogP contribution in [0.2, 0.25) is 0 Å². The van der Waals surface area contributed by atoms with Crippen LogP contribution in [0.15, 0.2) is 118 Å². The van der Waals surface area contributed by atoms with Crippen molar-refractivity contribution >= 4 is 53.5 Å². The van der Waals surface area contributed by atoms with Crippen molar-refractivity contribution < 1.29 is 160 Å². The first-order valence-corrected chi connectivity index (χ1v) is 37.9. The van der Waals surface area contributed by atoms with Crippen LogP contribution in [-0.2, 0) is 116 Å². The molecule has 678 valence electrons. The maximum atomic E-state index is 11.5. The summed E-state index contributed by atoms with van der Waals surface area (Å²) in [6, 6.07) is 9.60. The quantitative estimate of drug-likeness (QED) is 0.00763. The van der Waals surface area contributed by atoms with Gasteiger partial charge in [0.25, 0.3) is 0 Å². The van der Waals surface area contributed by atoms with Crippen LogP contribution in [-0.4, -0.2) is 316 Å². The third kappa shape index (κ3) is 107. The van der Waals surface area contributed by atoms with E-state index in [0.29, 0.717) is 110 Å². The zero-order valence-corrected chi connectivity index (χ0v) is 73.5. The molecule has 0 radical (unpaired) electrons. The first kappa shape index (κ1) is 134. The smallest absolute Gasteiger partial charge is 1.00 e. The number of hydrogen-bond donors (Lipinski definition) is 6. The summed E-state index contributed by atoms with van der Waals surface area (Å²) in [6.45, 7) is 34.8. The van der Waals surface area contributed by atoms with Gasteiger partial charge in [0.2, 0.25) is 0 Å². The van der Waals surface area contributed by atoms with Crippen molar-refractivity contribution in [2.24, 2.45) is 59.2 Å². The third-order valence-corrected chi connectivity index (χ3v) is 14.6. The molecule has 0 aliphatic carbocycles. The van der Waals surface area contributed by atoms with Crippen LogP contribution in [0.4, 0.5) is 0 Å². The molecule has 6 N–H and O–H groups in total. The molecular formula is C85H160AlLiO29. The minimum atomic E-state index is -0.868. The van der Waals surface area contributed by atoms with Crippen molar-refractivity contribution in [3.63, 3.8) is 0 Å². The molecule has 1 aromatic carbocycles. The number of methoxy groups -OCH3 is 14. The third-order valence-electron chi connectivity index (χ3n) is 14.6. The maximum absolute atomic E-state index is 11.5. The molecule has 0 fully saturated rings. The SMILES string of the molecule is C=CCC(C(=O)OCC)C(=O)OCC.C=CCC(CO)CO.C=CCC(CO)COC.C=CCC(CO)COC.C=CCC(COC)COC.C=CCC(COC)COC.COCC(C/C=C/C(=O)OCc1ccccc1)COC.COCC(CC=O)COC.COCC(CCCC(=O)O)COC.COCC(COC)CC(=O)O.[AlH3].[H-].[Li+]. The molecule has 0 spiro atoms. The Morgan fingerprint density at radius 2 is 0.664 bits per heavy atom. The number of carbonyl (C=O) groups excluding carboxylic acids is 4. The molecule has 1 rings (SSSR count). The molecule has 31 heteroatoms. The van der Waals surface area contributed by atoms with Crippen LogP contribution in [0, 0.1) is 59.2 Å². The van der Waals surface area contributed by atoms with Gasteiger partial charge in [-0.1, -0.05) is 72.9 Å². The van der Waals surface area contributed by atoms with Crippen molar-refractivity contribution in [1.29, 1.82) is 0 Å². The van der Waals surface area contributed by atoms with Gasteiger partial charge in [0, 0.05) is 198 Å². The van der Waals surface area contributed by atoms with Crippen LogP contribution in [0.5, 0.6) is 0 Å². The average molecular weight is 1680 g/mol. The second-order valence-corrected chi connectivity index (χ2v) is 25.1. The number of carbonyl (C=O) groups is 6. The van der Waals surface area contributed by atoms with Gasteiger partial charge in [-0.2, -0.15) is 0 Å². The number of aldehydes is 1. The van der Waals surface area contributed by atoms with Crippen LogP contribution >= 0.6 is 0 Å². The Hall–Kier alpha value is -5.17. The van der Waals surface area contributed by atoms with E-state index in [-0.39, 0.29) is 138 Å². The molecule has 116 heavy (non-hydrogen) atoms. The molecule has 0 aromatic heterocycles. The van der Waals surface area contributed by atoms with E-state index in [2.05, 4.69) is 39.5 Å². The Morgan fingerprint density at radius 3 is 0.940 bits per heavy atom. The van der Waals surface area contributed by atoms with Crippen molar-refractivity contribution in [2.45, 2.75) is 97.5 Å². The van der Waals surface area contributed by atoms with E-state index in [0.717, 1.165) is 76.8 Å². The minimum Gasteiger partial charge on any atom is -1.00 e. The molecule has 0 saturated heterocycles. The van der Waals surface area contributed by atoms with Crippen LogP contribution in [0.3, 0.4) is 0 Å². The second kappa shape index (κ2) is 114. The van der Waals surface area contributed by atoms with Gasteiger partial charge in [0.1, 0.15) is 12.9 Å². The molecule has 1 aromatic rings. The van der Waals surface area contributed by atoms with Crippen LogP contribution in [0.25, 0.3) is 0 Å². The first-order valence-electron chi connectivity index (χ1n) is 37.9. The van der Waals surface area contributed by atoms with E-state index < -0.39 is 29.8 Å². The molecule has 0 aliphatic heterocycles. The Morgan fingerprint density at radius 1 is 0.379 bits per heavy atom. The van der Waals surface area contributed by atoms with Crippen LogP contribution < -0.4 is 18.9 Å². The van der Waals surface area contributed by atoms with Gasteiger partial charge in [-0.05, 0) is 77.2 Å². The minimum absolute atomic E-state index is 0. The number of ether oxygens (including phenoxy) is 17. The number of aliphatic hydroxyl groups excluding tert-OH is 4. The molecule has 0 heterocycles. The molecule has 0 aliphatic rings. The van der Waals surface area contributed by atoms with E-state index in [1.165, 1.54) is 12.2 Å². The number of benzene rings is 1. The Kier molecular flexibility index (Phi) is 132.